The zero-order chi connectivity index (χ0) is 13.1. The highest BCUT2D eigenvalue weighted by Crippen LogP contribution is 2.30. The van der Waals surface area contributed by atoms with Crippen LogP contribution in [0.5, 0.6) is 0 Å². The van der Waals surface area contributed by atoms with Crippen LogP contribution in [0.15, 0.2) is 24.3 Å². The lowest BCUT2D eigenvalue weighted by molar-refractivity contribution is 0.268. The lowest BCUT2D eigenvalue weighted by Crippen LogP contribution is -2.25. The molecular formula is C17H26N2. The average molecular weight is 258 g/mol. The van der Waals surface area contributed by atoms with E-state index in [0.29, 0.717) is 0 Å². The van der Waals surface area contributed by atoms with E-state index >= 15 is 0 Å². The van der Waals surface area contributed by atoms with Gasteiger partial charge in [0.1, 0.15) is 0 Å². The Kier molecular flexibility index (Phi) is 4.19. The first kappa shape index (κ1) is 13.1. The highest BCUT2D eigenvalue weighted by Gasteiger charge is 2.23. The maximum absolute atomic E-state index is 3.60. The van der Waals surface area contributed by atoms with Gasteiger partial charge in [-0.3, -0.25) is 4.90 Å². The molecule has 2 heteroatoms. The first-order valence-electron chi connectivity index (χ1n) is 7.87. The Morgan fingerprint density at radius 1 is 1.16 bits per heavy atom. The summed E-state index contributed by atoms with van der Waals surface area (Å²) in [4.78, 5) is 2.59. The molecule has 2 aliphatic rings. The molecule has 2 aliphatic carbocycles. The standard InChI is InChI=1S/C17H26N2/c1-2-19(12-14-6-7-14)13-16-5-3-4-15(10-16)11-18-17-8-9-17/h3-5,10,14,17-18H,2,6-9,11-13H2,1H3. The fourth-order valence-corrected chi connectivity index (χ4v) is 2.62. The molecule has 0 aliphatic heterocycles. The summed E-state index contributed by atoms with van der Waals surface area (Å²) in [5.74, 6) is 0.986. The molecule has 1 N–H and O–H groups in total. The maximum Gasteiger partial charge on any atom is 0.0233 e. The third-order valence-corrected chi connectivity index (χ3v) is 4.23. The summed E-state index contributed by atoms with van der Waals surface area (Å²) >= 11 is 0. The predicted octanol–water partition coefficient (Wildman–Crippen LogP) is 3.17. The van der Waals surface area contributed by atoms with Crippen molar-refractivity contribution in [1.82, 2.24) is 10.2 Å². The Hall–Kier alpha value is -0.860. The molecule has 2 nitrogen and oxygen atoms in total. The largest absolute Gasteiger partial charge is 0.310 e. The first-order valence-corrected chi connectivity index (χ1v) is 7.87. The second-order valence-electron chi connectivity index (χ2n) is 6.25. The van der Waals surface area contributed by atoms with E-state index in [9.17, 15) is 0 Å². The van der Waals surface area contributed by atoms with Crippen molar-refractivity contribution in [3.63, 3.8) is 0 Å². The zero-order valence-corrected chi connectivity index (χ0v) is 12.1. The van der Waals surface area contributed by atoms with Crippen molar-refractivity contribution in [2.24, 2.45) is 5.92 Å². The SMILES string of the molecule is CCN(Cc1cccc(CNC2CC2)c1)CC1CC1. The monoisotopic (exact) mass is 258 g/mol. The van der Waals surface area contributed by atoms with Crippen molar-refractivity contribution >= 4 is 0 Å². The molecule has 0 saturated heterocycles. The molecule has 19 heavy (non-hydrogen) atoms. The molecule has 2 fully saturated rings. The van der Waals surface area contributed by atoms with Crippen molar-refractivity contribution in [3.05, 3.63) is 35.4 Å². The van der Waals surface area contributed by atoms with Crippen LogP contribution >= 0.6 is 0 Å². The molecule has 0 aromatic heterocycles. The zero-order valence-electron chi connectivity index (χ0n) is 12.1. The Bertz CT molecular complexity index is 407. The molecule has 104 valence electrons. The van der Waals surface area contributed by atoms with Gasteiger partial charge in [-0.15, -0.1) is 0 Å². The molecular weight excluding hydrogens is 232 g/mol. The van der Waals surface area contributed by atoms with E-state index in [1.54, 1.807) is 0 Å². The minimum atomic E-state index is 0.797. The molecule has 0 spiro atoms. The van der Waals surface area contributed by atoms with E-state index in [1.165, 1.54) is 49.9 Å². The van der Waals surface area contributed by atoms with Crippen molar-refractivity contribution in [1.29, 1.82) is 0 Å². The van der Waals surface area contributed by atoms with E-state index in [0.717, 1.165) is 25.0 Å². The molecule has 1 aromatic rings. The summed E-state index contributed by atoms with van der Waals surface area (Å²) in [6.45, 7) is 6.89. The number of nitrogens with zero attached hydrogens (tertiary/aromatic N) is 1. The fraction of sp³-hybridized carbons (Fsp3) is 0.647. The van der Waals surface area contributed by atoms with Gasteiger partial charge in [0.05, 0.1) is 0 Å². The van der Waals surface area contributed by atoms with E-state index in [2.05, 4.69) is 41.4 Å². The lowest BCUT2D eigenvalue weighted by atomic mass is 10.1. The number of benzene rings is 1. The van der Waals surface area contributed by atoms with Crippen LogP contribution in [0, 0.1) is 5.92 Å². The van der Waals surface area contributed by atoms with Gasteiger partial charge < -0.3 is 5.32 Å². The van der Waals surface area contributed by atoms with Crippen LogP contribution in [-0.2, 0) is 13.1 Å². The highest BCUT2D eigenvalue weighted by atomic mass is 15.1. The van der Waals surface area contributed by atoms with Gasteiger partial charge in [0, 0.05) is 25.7 Å². The summed E-state index contributed by atoms with van der Waals surface area (Å²) in [6, 6.07) is 9.91. The quantitative estimate of drug-likeness (QED) is 0.770. The third-order valence-electron chi connectivity index (χ3n) is 4.23. The summed E-state index contributed by atoms with van der Waals surface area (Å²) in [7, 11) is 0. The van der Waals surface area contributed by atoms with Crippen LogP contribution in [0.4, 0.5) is 0 Å². The van der Waals surface area contributed by atoms with E-state index in [4.69, 9.17) is 0 Å². The molecule has 2 saturated carbocycles. The predicted molar refractivity (Wildman–Crippen MR) is 80.0 cm³/mol. The molecule has 0 amide bonds. The van der Waals surface area contributed by atoms with Crippen molar-refractivity contribution in [2.75, 3.05) is 13.1 Å². The van der Waals surface area contributed by atoms with Crippen LogP contribution in [0.1, 0.15) is 43.7 Å². The highest BCUT2D eigenvalue weighted by molar-refractivity contribution is 5.23. The van der Waals surface area contributed by atoms with Gasteiger partial charge in [-0.05, 0) is 49.3 Å². The van der Waals surface area contributed by atoms with Crippen LogP contribution in [0.3, 0.4) is 0 Å². The summed E-state index contributed by atoms with van der Waals surface area (Å²) < 4.78 is 0. The molecule has 0 atom stereocenters. The minimum Gasteiger partial charge on any atom is -0.310 e. The summed E-state index contributed by atoms with van der Waals surface area (Å²) in [5, 5.41) is 3.60. The van der Waals surface area contributed by atoms with Crippen molar-refractivity contribution in [3.8, 4) is 0 Å². The Balaban J connectivity index is 1.54. The van der Waals surface area contributed by atoms with Gasteiger partial charge in [0.2, 0.25) is 0 Å². The topological polar surface area (TPSA) is 15.3 Å². The van der Waals surface area contributed by atoms with Gasteiger partial charge in [0.25, 0.3) is 0 Å². The number of rotatable bonds is 8. The van der Waals surface area contributed by atoms with Gasteiger partial charge in [-0.25, -0.2) is 0 Å². The molecule has 0 unspecified atom stereocenters. The summed E-state index contributed by atoms with van der Waals surface area (Å²) in [6.07, 6.45) is 5.62. The molecule has 0 bridgehead atoms. The fourth-order valence-electron chi connectivity index (χ4n) is 2.62. The molecule has 1 aromatic carbocycles. The molecule has 0 heterocycles. The number of hydrogen-bond donors (Lipinski definition) is 1. The minimum absolute atomic E-state index is 0.797. The van der Waals surface area contributed by atoms with E-state index in [-0.39, 0.29) is 0 Å². The molecule has 0 radical (unpaired) electrons. The van der Waals surface area contributed by atoms with Crippen LogP contribution in [0.25, 0.3) is 0 Å². The van der Waals surface area contributed by atoms with Gasteiger partial charge in [-0.1, -0.05) is 31.2 Å². The third kappa shape index (κ3) is 4.32. The Labute approximate surface area is 117 Å². The van der Waals surface area contributed by atoms with Gasteiger partial charge >= 0.3 is 0 Å². The number of nitrogens with one attached hydrogen (secondary N) is 1. The maximum atomic E-state index is 3.60. The lowest BCUT2D eigenvalue weighted by Gasteiger charge is -2.20. The van der Waals surface area contributed by atoms with Crippen LogP contribution < -0.4 is 5.32 Å². The van der Waals surface area contributed by atoms with E-state index in [1.807, 2.05) is 0 Å². The molecule has 3 rings (SSSR count). The van der Waals surface area contributed by atoms with Crippen LogP contribution in [0.2, 0.25) is 0 Å². The Morgan fingerprint density at radius 2 is 1.95 bits per heavy atom. The smallest absolute Gasteiger partial charge is 0.0233 e. The van der Waals surface area contributed by atoms with Crippen LogP contribution in [-0.4, -0.2) is 24.0 Å². The van der Waals surface area contributed by atoms with E-state index < -0.39 is 0 Å². The summed E-state index contributed by atoms with van der Waals surface area (Å²) in [5.41, 5.74) is 2.91. The first-order chi connectivity index (χ1) is 9.33. The average Bonchev–Trinajstić information content (AvgIpc) is 3.30. The second-order valence-corrected chi connectivity index (χ2v) is 6.25. The number of hydrogen-bond acceptors (Lipinski definition) is 2. The van der Waals surface area contributed by atoms with Gasteiger partial charge in [-0.2, -0.15) is 0 Å². The Morgan fingerprint density at radius 3 is 2.63 bits per heavy atom. The normalized spacial score (nSPS) is 19.1. The van der Waals surface area contributed by atoms with Gasteiger partial charge in [0.15, 0.2) is 0 Å². The van der Waals surface area contributed by atoms with Crippen molar-refractivity contribution < 1.29 is 0 Å². The van der Waals surface area contributed by atoms with Crippen molar-refractivity contribution in [2.45, 2.75) is 51.7 Å². The second kappa shape index (κ2) is 6.06.